The summed E-state index contributed by atoms with van der Waals surface area (Å²) in [4.78, 5) is 11.5. The molecule has 94 valence electrons. The molecule has 1 fully saturated rings. The van der Waals surface area contributed by atoms with Gasteiger partial charge in [-0.05, 0) is 38.8 Å². The molecule has 0 unspecified atom stereocenters. The van der Waals surface area contributed by atoms with E-state index in [1.807, 2.05) is 6.92 Å². The van der Waals surface area contributed by atoms with Crippen molar-refractivity contribution in [1.29, 1.82) is 0 Å². The summed E-state index contributed by atoms with van der Waals surface area (Å²) in [5.41, 5.74) is 2.17. The Bertz CT molecular complexity index is 358. The summed E-state index contributed by atoms with van der Waals surface area (Å²) in [6.07, 6.45) is 3.69. The largest absolute Gasteiger partial charge is 0.341 e. The summed E-state index contributed by atoms with van der Waals surface area (Å²) in [5, 5.41) is 3.39. The fourth-order valence-electron chi connectivity index (χ4n) is 2.16. The molecule has 4 heteroatoms. The Morgan fingerprint density at radius 3 is 2.76 bits per heavy atom. The van der Waals surface area contributed by atoms with Gasteiger partial charge in [0.15, 0.2) is 0 Å². The van der Waals surface area contributed by atoms with Crippen LogP contribution in [-0.2, 0) is 6.54 Å². The van der Waals surface area contributed by atoms with Gasteiger partial charge in [0.2, 0.25) is 5.95 Å². The quantitative estimate of drug-likeness (QED) is 0.790. The lowest BCUT2D eigenvalue weighted by molar-refractivity contribution is 0.660. The van der Waals surface area contributed by atoms with Crippen LogP contribution in [0.5, 0.6) is 0 Å². The Balaban J connectivity index is 2.05. The summed E-state index contributed by atoms with van der Waals surface area (Å²) in [7, 11) is 0. The summed E-state index contributed by atoms with van der Waals surface area (Å²) < 4.78 is 0. The van der Waals surface area contributed by atoms with E-state index in [1.54, 1.807) is 0 Å². The monoisotopic (exact) mass is 234 g/mol. The molecule has 0 radical (unpaired) electrons. The number of nitrogens with zero attached hydrogens (tertiary/aromatic N) is 3. The van der Waals surface area contributed by atoms with Gasteiger partial charge in [-0.15, -0.1) is 0 Å². The second-order valence-corrected chi connectivity index (χ2v) is 4.67. The maximum absolute atomic E-state index is 4.64. The molecule has 17 heavy (non-hydrogen) atoms. The number of aromatic nitrogens is 2. The van der Waals surface area contributed by atoms with E-state index in [0.717, 1.165) is 49.9 Å². The minimum atomic E-state index is 0.845. The number of hydrogen-bond acceptors (Lipinski definition) is 4. The molecule has 4 nitrogen and oxygen atoms in total. The smallest absolute Gasteiger partial charge is 0.225 e. The Labute approximate surface area is 103 Å². The number of hydrogen-bond donors (Lipinski definition) is 1. The van der Waals surface area contributed by atoms with Crippen molar-refractivity contribution in [1.82, 2.24) is 15.3 Å². The minimum absolute atomic E-state index is 0.845. The lowest BCUT2D eigenvalue weighted by Gasteiger charge is -2.16. The molecule has 1 N–H and O–H groups in total. The third-order valence-electron chi connectivity index (χ3n) is 3.02. The highest BCUT2D eigenvalue weighted by Gasteiger charge is 2.15. The van der Waals surface area contributed by atoms with Crippen LogP contribution >= 0.6 is 0 Å². The second-order valence-electron chi connectivity index (χ2n) is 4.67. The molecule has 0 atom stereocenters. The maximum Gasteiger partial charge on any atom is 0.225 e. The molecule has 2 rings (SSSR count). The van der Waals surface area contributed by atoms with Gasteiger partial charge in [-0.3, -0.25) is 0 Å². The average molecular weight is 234 g/mol. The molecule has 1 aliphatic rings. The van der Waals surface area contributed by atoms with E-state index in [4.69, 9.17) is 0 Å². The van der Waals surface area contributed by atoms with Crippen LogP contribution in [0, 0.1) is 6.92 Å². The molecule has 1 aliphatic heterocycles. The van der Waals surface area contributed by atoms with Gasteiger partial charge < -0.3 is 10.2 Å². The molecule has 0 aliphatic carbocycles. The standard InChI is InChI=1S/C13H22N4/c1-3-6-14-10-12-9-11(2)15-13(16-12)17-7-4-5-8-17/h9,14H,3-8,10H2,1-2H3. The normalized spacial score (nSPS) is 15.5. The molecule has 0 bridgehead atoms. The van der Waals surface area contributed by atoms with Gasteiger partial charge >= 0.3 is 0 Å². The first-order chi connectivity index (χ1) is 8.29. The fourth-order valence-corrected chi connectivity index (χ4v) is 2.16. The Morgan fingerprint density at radius 1 is 1.29 bits per heavy atom. The van der Waals surface area contributed by atoms with E-state index in [2.05, 4.69) is 33.2 Å². The van der Waals surface area contributed by atoms with Crippen molar-refractivity contribution >= 4 is 5.95 Å². The van der Waals surface area contributed by atoms with Crippen molar-refractivity contribution in [2.24, 2.45) is 0 Å². The zero-order valence-electron chi connectivity index (χ0n) is 10.9. The third-order valence-corrected chi connectivity index (χ3v) is 3.02. The van der Waals surface area contributed by atoms with Crippen molar-refractivity contribution in [3.05, 3.63) is 17.5 Å². The van der Waals surface area contributed by atoms with Crippen molar-refractivity contribution in [3.63, 3.8) is 0 Å². The zero-order chi connectivity index (χ0) is 12.1. The SMILES string of the molecule is CCCNCc1cc(C)nc(N2CCCC2)n1. The summed E-state index contributed by atoms with van der Waals surface area (Å²) in [6, 6.07) is 2.07. The Morgan fingerprint density at radius 2 is 2.06 bits per heavy atom. The van der Waals surface area contributed by atoms with Crippen LogP contribution in [0.25, 0.3) is 0 Å². The van der Waals surface area contributed by atoms with Gasteiger partial charge in [0.05, 0.1) is 5.69 Å². The van der Waals surface area contributed by atoms with Crippen LogP contribution in [0.1, 0.15) is 37.6 Å². The molecular formula is C13H22N4. The second kappa shape index (κ2) is 5.96. The molecular weight excluding hydrogens is 212 g/mol. The van der Waals surface area contributed by atoms with Crippen LogP contribution in [-0.4, -0.2) is 29.6 Å². The molecule has 2 heterocycles. The van der Waals surface area contributed by atoms with Gasteiger partial charge in [0.25, 0.3) is 0 Å². The molecule has 0 aromatic carbocycles. The zero-order valence-corrected chi connectivity index (χ0v) is 10.9. The van der Waals surface area contributed by atoms with Crippen LogP contribution < -0.4 is 10.2 Å². The highest BCUT2D eigenvalue weighted by Crippen LogP contribution is 2.16. The number of aryl methyl sites for hydroxylation is 1. The molecule has 1 aromatic heterocycles. The topological polar surface area (TPSA) is 41.1 Å². The number of anilines is 1. The van der Waals surface area contributed by atoms with Crippen LogP contribution in [0.2, 0.25) is 0 Å². The van der Waals surface area contributed by atoms with E-state index in [9.17, 15) is 0 Å². The van der Waals surface area contributed by atoms with E-state index in [1.165, 1.54) is 12.8 Å². The summed E-state index contributed by atoms with van der Waals surface area (Å²) >= 11 is 0. The van der Waals surface area contributed by atoms with E-state index < -0.39 is 0 Å². The molecule has 0 amide bonds. The first-order valence-corrected chi connectivity index (χ1v) is 6.60. The van der Waals surface area contributed by atoms with E-state index >= 15 is 0 Å². The first-order valence-electron chi connectivity index (χ1n) is 6.60. The van der Waals surface area contributed by atoms with Crippen LogP contribution in [0.15, 0.2) is 6.07 Å². The van der Waals surface area contributed by atoms with E-state index in [0.29, 0.717) is 0 Å². The predicted octanol–water partition coefficient (Wildman–Crippen LogP) is 1.88. The fraction of sp³-hybridized carbons (Fsp3) is 0.692. The predicted molar refractivity (Wildman–Crippen MR) is 70.2 cm³/mol. The van der Waals surface area contributed by atoms with Crippen molar-refractivity contribution in [2.45, 2.75) is 39.7 Å². The van der Waals surface area contributed by atoms with Gasteiger partial charge in [0, 0.05) is 25.3 Å². The van der Waals surface area contributed by atoms with Crippen LogP contribution in [0.4, 0.5) is 5.95 Å². The lowest BCUT2D eigenvalue weighted by Crippen LogP contribution is -2.22. The highest BCUT2D eigenvalue weighted by molar-refractivity contribution is 5.33. The summed E-state index contributed by atoms with van der Waals surface area (Å²) in [6.45, 7) is 8.31. The van der Waals surface area contributed by atoms with Crippen LogP contribution in [0.3, 0.4) is 0 Å². The van der Waals surface area contributed by atoms with E-state index in [-0.39, 0.29) is 0 Å². The lowest BCUT2D eigenvalue weighted by atomic mass is 10.3. The highest BCUT2D eigenvalue weighted by atomic mass is 15.3. The summed E-state index contributed by atoms with van der Waals surface area (Å²) in [5.74, 6) is 0.913. The third kappa shape index (κ3) is 3.40. The molecule has 0 spiro atoms. The molecule has 1 aromatic rings. The molecule has 1 saturated heterocycles. The molecule has 0 saturated carbocycles. The van der Waals surface area contributed by atoms with Crippen molar-refractivity contribution < 1.29 is 0 Å². The van der Waals surface area contributed by atoms with Gasteiger partial charge in [-0.2, -0.15) is 0 Å². The Hall–Kier alpha value is -1.16. The Kier molecular flexibility index (Phi) is 4.31. The van der Waals surface area contributed by atoms with Gasteiger partial charge in [-0.1, -0.05) is 6.92 Å². The van der Waals surface area contributed by atoms with Crippen molar-refractivity contribution in [3.8, 4) is 0 Å². The minimum Gasteiger partial charge on any atom is -0.341 e. The van der Waals surface area contributed by atoms with Crippen molar-refractivity contribution in [2.75, 3.05) is 24.5 Å². The first kappa shape index (κ1) is 12.3. The maximum atomic E-state index is 4.64. The number of rotatable bonds is 5. The number of nitrogens with one attached hydrogen (secondary N) is 1. The van der Waals surface area contributed by atoms with Gasteiger partial charge in [0.1, 0.15) is 0 Å². The van der Waals surface area contributed by atoms with Gasteiger partial charge in [-0.25, -0.2) is 9.97 Å². The average Bonchev–Trinajstić information content (AvgIpc) is 2.82.